The van der Waals surface area contributed by atoms with E-state index < -0.39 is 0 Å². The summed E-state index contributed by atoms with van der Waals surface area (Å²) in [6.45, 7) is 10.8. The van der Waals surface area contributed by atoms with E-state index in [9.17, 15) is 0 Å². The first-order valence-electron chi connectivity index (χ1n) is 9.52. The van der Waals surface area contributed by atoms with Gasteiger partial charge in [0.1, 0.15) is 22.9 Å². The number of aryl methyl sites for hydroxylation is 1. The third kappa shape index (κ3) is 2.90. The number of aromatic amines is 1. The Bertz CT molecular complexity index is 1020. The van der Waals surface area contributed by atoms with E-state index in [1.165, 1.54) is 22.2 Å². The molecule has 2 aromatic heterocycles. The van der Waals surface area contributed by atoms with Crippen LogP contribution >= 0.6 is 0 Å². The Labute approximate surface area is 154 Å². The number of hydrogen-bond donors (Lipinski definition) is 1. The Kier molecular flexibility index (Phi) is 4.51. The second kappa shape index (κ2) is 6.96. The van der Waals surface area contributed by atoms with Crippen molar-refractivity contribution in [2.45, 2.75) is 27.3 Å². The summed E-state index contributed by atoms with van der Waals surface area (Å²) in [4.78, 5) is 6.12. The number of nitrogens with zero attached hydrogens (tertiary/aromatic N) is 3. The van der Waals surface area contributed by atoms with Gasteiger partial charge in [0.25, 0.3) is 0 Å². The zero-order chi connectivity index (χ0) is 18.1. The standard InChI is InChI=1S/C22H26N4/c1-4-24(5-2)14-15-25-20-8-6-7-9-21(20)26-16-19(23-22(25)26)18-12-10-17(3)11-13-18/h6-13,16H,4-5,14-15H2,1-3H3/p+1. The molecule has 4 heteroatoms. The zero-order valence-corrected chi connectivity index (χ0v) is 15.9. The minimum atomic E-state index is 0.979. The van der Waals surface area contributed by atoms with Crippen molar-refractivity contribution in [3.63, 3.8) is 0 Å². The Hall–Kier alpha value is -2.59. The van der Waals surface area contributed by atoms with E-state index in [0.717, 1.165) is 37.7 Å². The third-order valence-electron chi connectivity index (χ3n) is 5.32. The lowest BCUT2D eigenvalue weighted by Crippen LogP contribution is -2.40. The van der Waals surface area contributed by atoms with Crippen molar-refractivity contribution in [3.8, 4) is 11.3 Å². The highest BCUT2D eigenvalue weighted by Gasteiger charge is 2.21. The molecule has 1 N–H and O–H groups in total. The van der Waals surface area contributed by atoms with Gasteiger partial charge < -0.3 is 4.90 Å². The highest BCUT2D eigenvalue weighted by Crippen LogP contribution is 2.22. The second-order valence-corrected chi connectivity index (χ2v) is 6.89. The van der Waals surface area contributed by atoms with Gasteiger partial charge in [-0.3, -0.25) is 0 Å². The molecule has 0 spiro atoms. The smallest absolute Gasteiger partial charge is 0.301 e. The van der Waals surface area contributed by atoms with E-state index in [1.807, 2.05) is 0 Å². The lowest BCUT2D eigenvalue weighted by Gasteiger charge is -2.16. The van der Waals surface area contributed by atoms with Gasteiger partial charge in [0, 0.05) is 12.1 Å². The molecule has 2 heterocycles. The predicted octanol–water partition coefficient (Wildman–Crippen LogP) is 4.03. The van der Waals surface area contributed by atoms with Gasteiger partial charge in [-0.25, -0.2) is 9.55 Å². The number of imidazole rings is 2. The first kappa shape index (κ1) is 16.9. The fourth-order valence-electron chi connectivity index (χ4n) is 3.68. The number of benzene rings is 2. The van der Waals surface area contributed by atoms with Crippen LogP contribution in [0.25, 0.3) is 28.1 Å². The van der Waals surface area contributed by atoms with E-state index in [4.69, 9.17) is 0 Å². The number of nitrogens with one attached hydrogen (secondary N) is 1. The molecule has 0 fully saturated rings. The van der Waals surface area contributed by atoms with Gasteiger partial charge in [0.15, 0.2) is 0 Å². The van der Waals surface area contributed by atoms with Gasteiger partial charge in [0.2, 0.25) is 0 Å². The minimum absolute atomic E-state index is 0.979. The summed E-state index contributed by atoms with van der Waals surface area (Å²) in [5.74, 6) is 1.15. The molecule has 0 radical (unpaired) electrons. The molecule has 26 heavy (non-hydrogen) atoms. The van der Waals surface area contributed by atoms with Gasteiger partial charge >= 0.3 is 5.78 Å². The van der Waals surface area contributed by atoms with Crippen molar-refractivity contribution >= 4 is 16.8 Å². The van der Waals surface area contributed by atoms with Crippen molar-refractivity contribution < 1.29 is 4.57 Å². The fourth-order valence-corrected chi connectivity index (χ4v) is 3.68. The molecular formula is C22H27N4+. The molecule has 134 valence electrons. The molecule has 2 aromatic carbocycles. The zero-order valence-electron chi connectivity index (χ0n) is 15.9. The maximum Gasteiger partial charge on any atom is 0.368 e. The maximum atomic E-state index is 3.66. The summed E-state index contributed by atoms with van der Waals surface area (Å²) >= 11 is 0. The summed E-state index contributed by atoms with van der Waals surface area (Å²) in [7, 11) is 0. The van der Waals surface area contributed by atoms with Crippen LogP contribution in [0.4, 0.5) is 0 Å². The highest BCUT2D eigenvalue weighted by atomic mass is 15.2. The second-order valence-electron chi connectivity index (χ2n) is 6.89. The van der Waals surface area contributed by atoms with Crippen LogP contribution in [0.2, 0.25) is 0 Å². The van der Waals surface area contributed by atoms with Crippen molar-refractivity contribution in [1.82, 2.24) is 14.3 Å². The first-order chi connectivity index (χ1) is 12.7. The number of rotatable bonds is 6. The molecule has 0 atom stereocenters. The van der Waals surface area contributed by atoms with Crippen LogP contribution < -0.4 is 4.57 Å². The Balaban J connectivity index is 1.81. The molecule has 0 saturated heterocycles. The van der Waals surface area contributed by atoms with Crippen LogP contribution in [-0.2, 0) is 6.54 Å². The monoisotopic (exact) mass is 347 g/mol. The number of fused-ring (bicyclic) bond motifs is 3. The number of H-pyrrole nitrogens is 1. The molecule has 0 bridgehead atoms. The van der Waals surface area contributed by atoms with Gasteiger partial charge in [-0.05, 0) is 32.1 Å². The fraction of sp³-hybridized carbons (Fsp3) is 0.318. The molecule has 0 saturated carbocycles. The van der Waals surface area contributed by atoms with Crippen LogP contribution in [0.3, 0.4) is 0 Å². The number of para-hydroxylation sites is 2. The molecule has 0 aliphatic rings. The van der Waals surface area contributed by atoms with Crippen LogP contribution in [-0.4, -0.2) is 33.9 Å². The molecule has 0 unspecified atom stereocenters. The van der Waals surface area contributed by atoms with Crippen LogP contribution in [0.15, 0.2) is 54.7 Å². The van der Waals surface area contributed by atoms with Gasteiger partial charge in [0.05, 0.1) is 6.54 Å². The van der Waals surface area contributed by atoms with E-state index in [1.54, 1.807) is 0 Å². The lowest BCUT2D eigenvalue weighted by molar-refractivity contribution is -0.647. The summed E-state index contributed by atoms with van der Waals surface area (Å²) < 4.78 is 4.69. The SMILES string of the molecule is CCN(CC)CC[n+]1c2ccccc2n2cc(-c3ccc(C)cc3)[nH]c21. The van der Waals surface area contributed by atoms with Crippen LogP contribution in [0, 0.1) is 6.92 Å². The average molecular weight is 347 g/mol. The normalized spacial score (nSPS) is 11.8. The minimum Gasteiger partial charge on any atom is -0.301 e. The van der Waals surface area contributed by atoms with E-state index in [0.29, 0.717) is 0 Å². The average Bonchev–Trinajstić information content (AvgIpc) is 3.22. The van der Waals surface area contributed by atoms with Crippen LogP contribution in [0.5, 0.6) is 0 Å². The summed E-state index contributed by atoms with van der Waals surface area (Å²) in [6, 6.07) is 17.3. The maximum absolute atomic E-state index is 3.66. The number of hydrogen-bond acceptors (Lipinski definition) is 1. The molecule has 0 amide bonds. The van der Waals surface area contributed by atoms with E-state index in [2.05, 4.69) is 94.4 Å². The van der Waals surface area contributed by atoms with Crippen molar-refractivity contribution in [1.29, 1.82) is 0 Å². The highest BCUT2D eigenvalue weighted by molar-refractivity contribution is 5.76. The van der Waals surface area contributed by atoms with Gasteiger partial charge in [-0.15, -0.1) is 0 Å². The Morgan fingerprint density at radius 2 is 1.73 bits per heavy atom. The summed E-state index contributed by atoms with van der Waals surface area (Å²) in [5.41, 5.74) is 6.19. The van der Waals surface area contributed by atoms with Crippen LogP contribution in [0.1, 0.15) is 19.4 Å². The Morgan fingerprint density at radius 3 is 2.46 bits per heavy atom. The number of aromatic nitrogens is 3. The summed E-state index contributed by atoms with van der Waals surface area (Å²) in [5, 5.41) is 0. The van der Waals surface area contributed by atoms with Crippen molar-refractivity contribution in [3.05, 3.63) is 60.3 Å². The molecule has 4 rings (SSSR count). The topological polar surface area (TPSA) is 27.3 Å². The number of likely N-dealkylation sites (N-methyl/N-ethyl adjacent to an activating group) is 1. The van der Waals surface area contributed by atoms with Gasteiger partial charge in [-0.1, -0.05) is 55.8 Å². The third-order valence-corrected chi connectivity index (χ3v) is 5.32. The molecular weight excluding hydrogens is 320 g/mol. The molecule has 0 aliphatic carbocycles. The summed E-state index contributed by atoms with van der Waals surface area (Å²) in [6.07, 6.45) is 2.22. The largest absolute Gasteiger partial charge is 0.368 e. The van der Waals surface area contributed by atoms with E-state index >= 15 is 0 Å². The Morgan fingerprint density at radius 1 is 1.00 bits per heavy atom. The van der Waals surface area contributed by atoms with Gasteiger partial charge in [-0.2, -0.15) is 4.40 Å². The molecule has 4 aromatic rings. The van der Waals surface area contributed by atoms with Crippen molar-refractivity contribution in [2.75, 3.05) is 19.6 Å². The lowest BCUT2D eigenvalue weighted by atomic mass is 10.1. The quantitative estimate of drug-likeness (QED) is 0.524. The van der Waals surface area contributed by atoms with E-state index in [-0.39, 0.29) is 0 Å². The molecule has 4 nitrogen and oxygen atoms in total. The van der Waals surface area contributed by atoms with Crippen molar-refractivity contribution in [2.24, 2.45) is 0 Å². The molecule has 0 aliphatic heterocycles. The predicted molar refractivity (Wildman–Crippen MR) is 107 cm³/mol. The first-order valence-corrected chi connectivity index (χ1v) is 9.52.